The zero-order valence-electron chi connectivity index (χ0n) is 9.98. The summed E-state index contributed by atoms with van der Waals surface area (Å²) in [5, 5.41) is 2.03. The highest BCUT2D eigenvalue weighted by atomic mass is 79.9. The van der Waals surface area contributed by atoms with Gasteiger partial charge in [-0.2, -0.15) is 0 Å². The van der Waals surface area contributed by atoms with Crippen LogP contribution in [0.3, 0.4) is 0 Å². The van der Waals surface area contributed by atoms with Crippen LogP contribution in [-0.2, 0) is 13.2 Å². The molecule has 1 heterocycles. The third-order valence-corrected chi connectivity index (χ3v) is 4.44. The molecule has 0 unspecified atom stereocenters. The Bertz CT molecular complexity index is 527. The molecule has 0 bridgehead atoms. The molecule has 0 aliphatic carbocycles. The number of benzene rings is 1. The molecule has 0 radical (unpaired) electrons. The Morgan fingerprint density at radius 3 is 2.78 bits per heavy atom. The maximum atomic E-state index is 5.82. The SMILES string of the molecule is COc1ccc(CN)c(OCc2sccc2Br)c1. The number of halogens is 1. The van der Waals surface area contributed by atoms with Crippen molar-refractivity contribution in [2.75, 3.05) is 7.11 Å². The minimum absolute atomic E-state index is 0.449. The van der Waals surface area contributed by atoms with E-state index in [0.717, 1.165) is 26.4 Å². The van der Waals surface area contributed by atoms with Crippen LogP contribution < -0.4 is 15.2 Å². The van der Waals surface area contributed by atoms with E-state index < -0.39 is 0 Å². The van der Waals surface area contributed by atoms with E-state index in [1.165, 1.54) is 0 Å². The highest BCUT2D eigenvalue weighted by Crippen LogP contribution is 2.28. The van der Waals surface area contributed by atoms with E-state index in [1.807, 2.05) is 29.6 Å². The Morgan fingerprint density at radius 2 is 2.17 bits per heavy atom. The fraction of sp³-hybridized carbons (Fsp3) is 0.231. The monoisotopic (exact) mass is 327 g/mol. The van der Waals surface area contributed by atoms with E-state index in [2.05, 4.69) is 15.9 Å². The van der Waals surface area contributed by atoms with Crippen LogP contribution in [0.4, 0.5) is 0 Å². The van der Waals surface area contributed by atoms with Crippen molar-refractivity contribution in [3.05, 3.63) is 44.6 Å². The fourth-order valence-electron chi connectivity index (χ4n) is 1.54. The number of hydrogen-bond acceptors (Lipinski definition) is 4. The number of nitrogens with two attached hydrogens (primary N) is 1. The largest absolute Gasteiger partial charge is 0.497 e. The van der Waals surface area contributed by atoms with Crippen molar-refractivity contribution >= 4 is 27.3 Å². The third-order valence-electron chi connectivity index (χ3n) is 2.54. The van der Waals surface area contributed by atoms with E-state index in [1.54, 1.807) is 18.4 Å². The van der Waals surface area contributed by atoms with Gasteiger partial charge < -0.3 is 15.2 Å². The molecule has 2 aromatic rings. The summed E-state index contributed by atoms with van der Waals surface area (Å²) in [7, 11) is 1.64. The molecule has 2 rings (SSSR count). The Labute approximate surface area is 119 Å². The molecule has 18 heavy (non-hydrogen) atoms. The minimum atomic E-state index is 0.449. The van der Waals surface area contributed by atoms with E-state index >= 15 is 0 Å². The van der Waals surface area contributed by atoms with Gasteiger partial charge in [-0.25, -0.2) is 0 Å². The van der Waals surface area contributed by atoms with Crippen molar-refractivity contribution < 1.29 is 9.47 Å². The van der Waals surface area contributed by atoms with Crippen LogP contribution in [0.15, 0.2) is 34.1 Å². The minimum Gasteiger partial charge on any atom is -0.497 e. The van der Waals surface area contributed by atoms with Crippen molar-refractivity contribution in [1.82, 2.24) is 0 Å². The average Bonchev–Trinajstić information content (AvgIpc) is 2.81. The second-order valence-electron chi connectivity index (χ2n) is 3.66. The van der Waals surface area contributed by atoms with Gasteiger partial charge >= 0.3 is 0 Å². The molecule has 1 aromatic carbocycles. The quantitative estimate of drug-likeness (QED) is 0.913. The smallest absolute Gasteiger partial charge is 0.128 e. The van der Waals surface area contributed by atoms with Gasteiger partial charge in [-0.1, -0.05) is 6.07 Å². The van der Waals surface area contributed by atoms with Gasteiger partial charge in [0, 0.05) is 22.6 Å². The van der Waals surface area contributed by atoms with Gasteiger partial charge in [-0.05, 0) is 33.4 Å². The van der Waals surface area contributed by atoms with Crippen molar-refractivity contribution in [2.24, 2.45) is 5.73 Å². The van der Waals surface area contributed by atoms with Crippen LogP contribution in [0.1, 0.15) is 10.4 Å². The molecule has 3 nitrogen and oxygen atoms in total. The molecule has 0 aliphatic rings. The molecule has 0 spiro atoms. The van der Waals surface area contributed by atoms with Crippen molar-refractivity contribution in [3.63, 3.8) is 0 Å². The van der Waals surface area contributed by atoms with Gasteiger partial charge in [0.1, 0.15) is 18.1 Å². The van der Waals surface area contributed by atoms with E-state index in [4.69, 9.17) is 15.2 Å². The first-order valence-electron chi connectivity index (χ1n) is 5.46. The zero-order chi connectivity index (χ0) is 13.0. The van der Waals surface area contributed by atoms with Gasteiger partial charge in [-0.3, -0.25) is 0 Å². The van der Waals surface area contributed by atoms with E-state index in [9.17, 15) is 0 Å². The van der Waals surface area contributed by atoms with Crippen LogP contribution in [0, 0.1) is 0 Å². The predicted octanol–water partition coefficient (Wildman–Crippen LogP) is 3.56. The fourth-order valence-corrected chi connectivity index (χ4v) is 2.91. The molecule has 1 aromatic heterocycles. The second-order valence-corrected chi connectivity index (χ2v) is 5.51. The number of ether oxygens (including phenoxy) is 2. The zero-order valence-corrected chi connectivity index (χ0v) is 12.4. The molecule has 0 aliphatic heterocycles. The van der Waals surface area contributed by atoms with Gasteiger partial charge in [0.15, 0.2) is 0 Å². The number of hydrogen-bond donors (Lipinski definition) is 1. The van der Waals surface area contributed by atoms with E-state index in [-0.39, 0.29) is 0 Å². The van der Waals surface area contributed by atoms with Crippen LogP contribution in [0.25, 0.3) is 0 Å². The lowest BCUT2D eigenvalue weighted by molar-refractivity contribution is 0.303. The summed E-state index contributed by atoms with van der Waals surface area (Å²) < 4.78 is 12.1. The molecule has 0 amide bonds. The summed E-state index contributed by atoms with van der Waals surface area (Å²) in [6.45, 7) is 0.976. The lowest BCUT2D eigenvalue weighted by atomic mass is 10.2. The number of rotatable bonds is 5. The van der Waals surface area contributed by atoms with Gasteiger partial charge in [-0.15, -0.1) is 11.3 Å². The summed E-state index contributed by atoms with van der Waals surface area (Å²) in [6.07, 6.45) is 0. The topological polar surface area (TPSA) is 44.5 Å². The van der Waals surface area contributed by atoms with Gasteiger partial charge in [0.25, 0.3) is 0 Å². The van der Waals surface area contributed by atoms with Crippen LogP contribution in [0.5, 0.6) is 11.5 Å². The molecular formula is C13H14BrNO2S. The predicted molar refractivity (Wildman–Crippen MR) is 77.2 cm³/mol. The lowest BCUT2D eigenvalue weighted by Gasteiger charge is -2.11. The molecule has 96 valence electrons. The summed E-state index contributed by atoms with van der Waals surface area (Å²) in [5.41, 5.74) is 6.67. The molecule has 0 fully saturated rings. The maximum absolute atomic E-state index is 5.82. The third kappa shape index (κ3) is 3.04. The molecular weight excluding hydrogens is 314 g/mol. The van der Waals surface area contributed by atoms with Crippen LogP contribution in [-0.4, -0.2) is 7.11 Å². The van der Waals surface area contributed by atoms with Crippen molar-refractivity contribution in [2.45, 2.75) is 13.2 Å². The van der Waals surface area contributed by atoms with Crippen LogP contribution >= 0.6 is 27.3 Å². The van der Waals surface area contributed by atoms with Gasteiger partial charge in [0.05, 0.1) is 12.0 Å². The highest BCUT2D eigenvalue weighted by Gasteiger charge is 2.07. The molecule has 2 N–H and O–H groups in total. The number of thiophene rings is 1. The van der Waals surface area contributed by atoms with Crippen molar-refractivity contribution in [1.29, 1.82) is 0 Å². The number of methoxy groups -OCH3 is 1. The van der Waals surface area contributed by atoms with Crippen molar-refractivity contribution in [3.8, 4) is 11.5 Å². The molecule has 5 heteroatoms. The summed E-state index contributed by atoms with van der Waals surface area (Å²) in [4.78, 5) is 1.15. The first kappa shape index (κ1) is 13.4. The summed E-state index contributed by atoms with van der Waals surface area (Å²) in [6, 6.07) is 7.69. The first-order valence-corrected chi connectivity index (χ1v) is 7.13. The molecule has 0 saturated carbocycles. The normalized spacial score (nSPS) is 10.4. The molecule has 0 atom stereocenters. The maximum Gasteiger partial charge on any atom is 0.128 e. The van der Waals surface area contributed by atoms with E-state index in [0.29, 0.717) is 13.2 Å². The Hall–Kier alpha value is -1.04. The summed E-state index contributed by atoms with van der Waals surface area (Å²) in [5.74, 6) is 1.55. The first-order chi connectivity index (χ1) is 8.74. The second kappa shape index (κ2) is 6.22. The van der Waals surface area contributed by atoms with Gasteiger partial charge in [0.2, 0.25) is 0 Å². The molecule has 0 saturated heterocycles. The highest BCUT2D eigenvalue weighted by molar-refractivity contribution is 9.10. The summed E-state index contributed by atoms with van der Waals surface area (Å²) >= 11 is 5.14. The lowest BCUT2D eigenvalue weighted by Crippen LogP contribution is -2.02. The standard InChI is InChI=1S/C13H14BrNO2S/c1-16-10-3-2-9(7-15)12(6-10)17-8-13-11(14)4-5-18-13/h2-6H,7-8,15H2,1H3. The van der Waals surface area contributed by atoms with Crippen LogP contribution in [0.2, 0.25) is 0 Å². The Morgan fingerprint density at radius 1 is 1.33 bits per heavy atom. The Balaban J connectivity index is 2.14. The average molecular weight is 328 g/mol. The Kier molecular flexibility index (Phi) is 4.63.